The molecule has 8 heteroatoms. The molecule has 2 aromatic heterocycles. The first kappa shape index (κ1) is 18.0. The molecule has 2 fully saturated rings. The van der Waals surface area contributed by atoms with Gasteiger partial charge in [-0.05, 0) is 31.1 Å². The molecule has 146 valence electrons. The van der Waals surface area contributed by atoms with Gasteiger partial charge in [-0.2, -0.15) is 0 Å². The van der Waals surface area contributed by atoms with Gasteiger partial charge in [-0.3, -0.25) is 18.7 Å². The van der Waals surface area contributed by atoms with Gasteiger partial charge < -0.3 is 10.3 Å². The fraction of sp³-hybridized carbons (Fsp3) is 0.684. The number of hydrogen-bond acceptors (Lipinski definition) is 4. The molecule has 1 amide bonds. The van der Waals surface area contributed by atoms with E-state index < -0.39 is 0 Å². The maximum atomic E-state index is 12.8. The number of amides is 1. The van der Waals surface area contributed by atoms with Crippen molar-refractivity contribution in [3.63, 3.8) is 0 Å². The normalized spacial score (nSPS) is 26.9. The van der Waals surface area contributed by atoms with Gasteiger partial charge in [0.1, 0.15) is 11.3 Å². The summed E-state index contributed by atoms with van der Waals surface area (Å²) in [6.07, 6.45) is 2.98. The minimum Gasteiger partial charge on any atom is -0.353 e. The van der Waals surface area contributed by atoms with E-state index >= 15 is 0 Å². The predicted molar refractivity (Wildman–Crippen MR) is 102 cm³/mol. The lowest BCUT2D eigenvalue weighted by molar-refractivity contribution is -0.124. The number of H-pyrrole nitrogens is 1. The number of nitrogens with zero attached hydrogens (tertiary/aromatic N) is 3. The number of carbonyl (C=O) groups is 1. The van der Waals surface area contributed by atoms with Gasteiger partial charge in [0.15, 0.2) is 5.65 Å². The Hall–Kier alpha value is -2.38. The molecule has 4 unspecified atom stereocenters. The van der Waals surface area contributed by atoms with Gasteiger partial charge in [0.2, 0.25) is 5.91 Å². The summed E-state index contributed by atoms with van der Waals surface area (Å²) in [4.78, 5) is 45.3. The highest BCUT2D eigenvalue weighted by atomic mass is 16.2. The van der Waals surface area contributed by atoms with Crippen molar-refractivity contribution in [3.8, 4) is 0 Å². The van der Waals surface area contributed by atoms with Crippen molar-refractivity contribution < 1.29 is 4.79 Å². The van der Waals surface area contributed by atoms with Crippen molar-refractivity contribution in [2.75, 3.05) is 0 Å². The SMILES string of the molecule is CCCn1c(=O)c2[nH]c(CC3CC4C(C)C4C(=O)N3)nc2n(CCC)c1=O. The van der Waals surface area contributed by atoms with Gasteiger partial charge in [0.05, 0.1) is 0 Å². The Kier molecular flexibility index (Phi) is 4.44. The highest BCUT2D eigenvalue weighted by Crippen LogP contribution is 2.51. The van der Waals surface area contributed by atoms with Crippen LogP contribution in [0.25, 0.3) is 11.2 Å². The molecule has 8 nitrogen and oxygen atoms in total. The molecule has 1 saturated carbocycles. The summed E-state index contributed by atoms with van der Waals surface area (Å²) in [5.41, 5.74) is 0.196. The summed E-state index contributed by atoms with van der Waals surface area (Å²) in [6.45, 7) is 6.97. The van der Waals surface area contributed by atoms with E-state index in [-0.39, 0.29) is 29.1 Å². The molecule has 1 aliphatic heterocycles. The number of hydrogen-bond donors (Lipinski definition) is 2. The fourth-order valence-corrected chi connectivity index (χ4v) is 4.55. The van der Waals surface area contributed by atoms with E-state index in [4.69, 9.17) is 0 Å². The third-order valence-corrected chi connectivity index (χ3v) is 6.01. The van der Waals surface area contributed by atoms with Crippen LogP contribution in [0.2, 0.25) is 0 Å². The number of fused-ring (bicyclic) bond motifs is 2. The van der Waals surface area contributed by atoms with E-state index in [1.54, 1.807) is 4.57 Å². The zero-order valence-corrected chi connectivity index (χ0v) is 16.1. The number of aromatic nitrogens is 4. The molecule has 4 rings (SSSR count). The van der Waals surface area contributed by atoms with Crippen LogP contribution in [-0.4, -0.2) is 31.1 Å². The maximum absolute atomic E-state index is 12.8. The van der Waals surface area contributed by atoms with Crippen molar-refractivity contribution in [1.82, 2.24) is 24.4 Å². The highest BCUT2D eigenvalue weighted by Gasteiger charge is 2.55. The predicted octanol–water partition coefficient (Wildman–Crippen LogP) is 1.02. The average molecular weight is 373 g/mol. The van der Waals surface area contributed by atoms with Crippen molar-refractivity contribution in [1.29, 1.82) is 0 Å². The number of carbonyl (C=O) groups excluding carboxylic acids is 1. The van der Waals surface area contributed by atoms with Crippen LogP contribution in [0.4, 0.5) is 0 Å². The number of aryl methyl sites for hydroxylation is 1. The Morgan fingerprint density at radius 2 is 1.81 bits per heavy atom. The molecule has 1 aliphatic carbocycles. The number of nitrogens with one attached hydrogen (secondary N) is 2. The monoisotopic (exact) mass is 373 g/mol. The smallest absolute Gasteiger partial charge is 0.332 e. The quantitative estimate of drug-likeness (QED) is 0.789. The van der Waals surface area contributed by atoms with Gasteiger partial charge >= 0.3 is 5.69 Å². The van der Waals surface area contributed by atoms with E-state index in [0.717, 1.165) is 12.8 Å². The second kappa shape index (κ2) is 6.65. The largest absolute Gasteiger partial charge is 0.353 e. The van der Waals surface area contributed by atoms with Gasteiger partial charge in [-0.15, -0.1) is 0 Å². The lowest BCUT2D eigenvalue weighted by Crippen LogP contribution is -2.41. The molecule has 2 aromatic rings. The van der Waals surface area contributed by atoms with Crippen molar-refractivity contribution in [2.45, 2.75) is 65.6 Å². The molecular weight excluding hydrogens is 346 g/mol. The molecule has 2 N–H and O–H groups in total. The molecule has 4 atom stereocenters. The van der Waals surface area contributed by atoms with Crippen LogP contribution in [0.5, 0.6) is 0 Å². The summed E-state index contributed by atoms with van der Waals surface area (Å²) in [6, 6.07) is 0.0217. The highest BCUT2D eigenvalue weighted by molar-refractivity contribution is 5.83. The van der Waals surface area contributed by atoms with Gasteiger partial charge in [0.25, 0.3) is 5.56 Å². The van der Waals surface area contributed by atoms with Crippen LogP contribution in [0.1, 0.15) is 45.9 Å². The zero-order valence-electron chi connectivity index (χ0n) is 16.1. The first-order valence-corrected chi connectivity index (χ1v) is 9.98. The first-order chi connectivity index (χ1) is 13.0. The summed E-state index contributed by atoms with van der Waals surface area (Å²) in [7, 11) is 0. The van der Waals surface area contributed by atoms with E-state index in [1.165, 1.54) is 4.57 Å². The van der Waals surface area contributed by atoms with E-state index in [2.05, 4.69) is 22.2 Å². The second-order valence-corrected chi connectivity index (χ2v) is 7.97. The molecule has 2 aliphatic rings. The van der Waals surface area contributed by atoms with Crippen molar-refractivity contribution >= 4 is 17.1 Å². The number of piperidine rings is 1. The van der Waals surface area contributed by atoms with Gasteiger partial charge in [-0.25, -0.2) is 9.78 Å². The molecule has 0 radical (unpaired) electrons. The van der Waals surface area contributed by atoms with Gasteiger partial charge in [0, 0.05) is 31.5 Å². The Bertz CT molecular complexity index is 1000. The van der Waals surface area contributed by atoms with Crippen LogP contribution < -0.4 is 16.6 Å². The minimum atomic E-state index is -0.313. The van der Waals surface area contributed by atoms with Crippen molar-refractivity contribution in [3.05, 3.63) is 26.7 Å². The van der Waals surface area contributed by atoms with Crippen LogP contribution in [-0.2, 0) is 24.3 Å². The standard InChI is InChI=1S/C19H27N5O3/c1-4-6-23-16-15(18(26)24(7-5-2)19(23)27)21-13(22-16)9-11-8-12-10(3)14(12)17(25)20-11/h10-12,14H,4-9H2,1-3H3,(H,20,25)(H,21,22). The third-order valence-electron chi connectivity index (χ3n) is 6.01. The van der Waals surface area contributed by atoms with Crippen molar-refractivity contribution in [2.24, 2.45) is 17.8 Å². The Labute approximate surface area is 157 Å². The number of rotatable bonds is 6. The Morgan fingerprint density at radius 1 is 1.11 bits per heavy atom. The molecule has 0 bridgehead atoms. The number of aromatic amines is 1. The summed E-state index contributed by atoms with van der Waals surface area (Å²) in [5.74, 6) is 1.88. The lowest BCUT2D eigenvalue weighted by atomic mass is 10.0. The third kappa shape index (κ3) is 2.91. The lowest BCUT2D eigenvalue weighted by Gasteiger charge is -2.21. The summed E-state index contributed by atoms with van der Waals surface area (Å²) < 4.78 is 2.88. The Morgan fingerprint density at radius 3 is 2.48 bits per heavy atom. The molecule has 1 saturated heterocycles. The summed E-state index contributed by atoms with van der Waals surface area (Å²) in [5, 5.41) is 3.08. The molecule has 27 heavy (non-hydrogen) atoms. The fourth-order valence-electron chi connectivity index (χ4n) is 4.55. The van der Waals surface area contributed by atoms with E-state index in [1.807, 2.05) is 13.8 Å². The molecule has 0 aromatic carbocycles. The topological polar surface area (TPSA) is 102 Å². The van der Waals surface area contributed by atoms with E-state index in [0.29, 0.717) is 54.8 Å². The number of imidazole rings is 1. The van der Waals surface area contributed by atoms with Crippen LogP contribution >= 0.6 is 0 Å². The van der Waals surface area contributed by atoms with E-state index in [9.17, 15) is 14.4 Å². The summed E-state index contributed by atoms with van der Waals surface area (Å²) >= 11 is 0. The average Bonchev–Trinajstić information content (AvgIpc) is 3.10. The van der Waals surface area contributed by atoms with Crippen LogP contribution in [0.15, 0.2) is 9.59 Å². The van der Waals surface area contributed by atoms with Gasteiger partial charge in [-0.1, -0.05) is 20.8 Å². The maximum Gasteiger partial charge on any atom is 0.332 e. The zero-order chi connectivity index (χ0) is 19.3. The first-order valence-electron chi connectivity index (χ1n) is 9.98. The molecule has 3 heterocycles. The second-order valence-electron chi connectivity index (χ2n) is 7.97. The van der Waals surface area contributed by atoms with Crippen LogP contribution in [0.3, 0.4) is 0 Å². The minimum absolute atomic E-state index is 0.0217. The van der Waals surface area contributed by atoms with Crippen LogP contribution in [0, 0.1) is 17.8 Å². The molecule has 0 spiro atoms. The molecular formula is C19H27N5O3. The Balaban J connectivity index is 1.70.